The number of nitrogens with one attached hydrogen (secondary N) is 3. The molecule has 132 valence electrons. The molecule has 0 radical (unpaired) electrons. The van der Waals surface area contributed by atoms with Crippen LogP contribution < -0.4 is 20.9 Å². The summed E-state index contributed by atoms with van der Waals surface area (Å²) in [7, 11) is 0. The standard InChI is InChI=1S/C17H25N3O3S/c1-2-3-4-5-9-12-15(21)18-17(24)20-19-16(22)13-23-14-10-7-6-8-11-14/h6-8,10-11H,2-5,9,12-13H2,1H3,(H,19,22)(H2,18,20,21,24). The third kappa shape index (κ3) is 9.78. The molecule has 0 heterocycles. The van der Waals surface area contributed by atoms with Crippen LogP contribution in [0, 0.1) is 0 Å². The van der Waals surface area contributed by atoms with Crippen LogP contribution in [0.4, 0.5) is 0 Å². The predicted octanol–water partition coefficient (Wildman–Crippen LogP) is 2.45. The molecule has 0 saturated heterocycles. The molecule has 0 fully saturated rings. The van der Waals surface area contributed by atoms with Gasteiger partial charge in [-0.1, -0.05) is 50.8 Å². The molecule has 0 spiro atoms. The first kappa shape index (κ1) is 19.9. The van der Waals surface area contributed by atoms with Crippen molar-refractivity contribution < 1.29 is 14.3 Å². The van der Waals surface area contributed by atoms with Crippen molar-refractivity contribution in [1.82, 2.24) is 16.2 Å². The van der Waals surface area contributed by atoms with Gasteiger partial charge in [-0.2, -0.15) is 0 Å². The Kier molecular flexibility index (Phi) is 10.2. The zero-order chi connectivity index (χ0) is 17.6. The van der Waals surface area contributed by atoms with Gasteiger partial charge in [-0.05, 0) is 30.8 Å². The van der Waals surface area contributed by atoms with Gasteiger partial charge in [0.15, 0.2) is 11.7 Å². The minimum absolute atomic E-state index is 0.0709. The van der Waals surface area contributed by atoms with Crippen LogP contribution in [-0.2, 0) is 9.59 Å². The highest BCUT2D eigenvalue weighted by Crippen LogP contribution is 2.07. The summed E-state index contributed by atoms with van der Waals surface area (Å²) in [6.07, 6.45) is 5.81. The number of rotatable bonds is 9. The van der Waals surface area contributed by atoms with Crippen molar-refractivity contribution in [3.8, 4) is 5.75 Å². The number of carbonyl (C=O) groups excluding carboxylic acids is 2. The number of carbonyl (C=O) groups is 2. The van der Waals surface area contributed by atoms with E-state index in [1.54, 1.807) is 12.1 Å². The van der Waals surface area contributed by atoms with Gasteiger partial charge >= 0.3 is 0 Å². The first-order chi connectivity index (χ1) is 11.6. The maximum absolute atomic E-state index is 11.7. The van der Waals surface area contributed by atoms with E-state index in [0.717, 1.165) is 19.3 Å². The number of hydrogen-bond donors (Lipinski definition) is 3. The highest BCUT2D eigenvalue weighted by Gasteiger charge is 2.06. The third-order valence-corrected chi connectivity index (χ3v) is 3.39. The SMILES string of the molecule is CCCCCCCC(=O)NC(=S)NNC(=O)COc1ccccc1. The Balaban J connectivity index is 2.09. The van der Waals surface area contributed by atoms with Gasteiger partial charge in [0.1, 0.15) is 5.75 Å². The lowest BCUT2D eigenvalue weighted by atomic mass is 10.1. The molecule has 7 heteroatoms. The molecule has 2 amide bonds. The van der Waals surface area contributed by atoms with Crippen molar-refractivity contribution in [2.45, 2.75) is 45.4 Å². The Hall–Kier alpha value is -2.15. The van der Waals surface area contributed by atoms with E-state index < -0.39 is 5.91 Å². The number of unbranched alkanes of at least 4 members (excludes halogenated alkanes) is 4. The number of thiocarbonyl (C=S) groups is 1. The molecule has 6 nitrogen and oxygen atoms in total. The fraction of sp³-hybridized carbons (Fsp3) is 0.471. The molecule has 0 bridgehead atoms. The second kappa shape index (κ2) is 12.3. The van der Waals surface area contributed by atoms with Gasteiger partial charge < -0.3 is 10.1 Å². The first-order valence-corrected chi connectivity index (χ1v) is 8.59. The summed E-state index contributed by atoms with van der Waals surface area (Å²) in [5.41, 5.74) is 4.85. The maximum Gasteiger partial charge on any atom is 0.276 e. The number of benzene rings is 1. The molecule has 0 aromatic heterocycles. The van der Waals surface area contributed by atoms with Crippen LogP contribution in [-0.4, -0.2) is 23.5 Å². The number of hydrogen-bond acceptors (Lipinski definition) is 4. The number of hydrazine groups is 1. The predicted molar refractivity (Wildman–Crippen MR) is 97.3 cm³/mol. The quantitative estimate of drug-likeness (QED) is 0.362. The third-order valence-electron chi connectivity index (χ3n) is 3.19. The van der Waals surface area contributed by atoms with Crippen LogP contribution in [0.25, 0.3) is 0 Å². The molecule has 0 atom stereocenters. The average molecular weight is 351 g/mol. The summed E-state index contributed by atoms with van der Waals surface area (Å²) in [6.45, 7) is 2.00. The van der Waals surface area contributed by atoms with E-state index in [2.05, 4.69) is 23.1 Å². The Labute approximate surface area is 148 Å². The Morgan fingerprint density at radius 1 is 1.00 bits per heavy atom. The largest absolute Gasteiger partial charge is 0.484 e. The van der Waals surface area contributed by atoms with Crippen LogP contribution in [0.2, 0.25) is 0 Å². The summed E-state index contributed by atoms with van der Waals surface area (Å²) in [4.78, 5) is 23.3. The lowest BCUT2D eigenvalue weighted by Gasteiger charge is -2.11. The van der Waals surface area contributed by atoms with Gasteiger partial charge in [-0.15, -0.1) is 0 Å². The summed E-state index contributed by atoms with van der Waals surface area (Å²) in [6, 6.07) is 9.01. The van der Waals surface area contributed by atoms with Crippen molar-refractivity contribution in [1.29, 1.82) is 0 Å². The average Bonchev–Trinajstić information content (AvgIpc) is 2.59. The molecule has 0 unspecified atom stereocenters. The Morgan fingerprint density at radius 2 is 1.71 bits per heavy atom. The number of amides is 2. The molecular formula is C17H25N3O3S. The molecule has 3 N–H and O–H groups in total. The smallest absolute Gasteiger partial charge is 0.276 e. The van der Waals surface area contributed by atoms with Gasteiger partial charge in [0.2, 0.25) is 5.91 Å². The van der Waals surface area contributed by atoms with Crippen LogP contribution in [0.3, 0.4) is 0 Å². The number of ether oxygens (including phenoxy) is 1. The van der Waals surface area contributed by atoms with Crippen molar-refractivity contribution in [3.63, 3.8) is 0 Å². The maximum atomic E-state index is 11.7. The Bertz CT molecular complexity index is 523. The summed E-state index contributed by atoms with van der Waals surface area (Å²) < 4.78 is 5.28. The van der Waals surface area contributed by atoms with Crippen LogP contribution in [0.5, 0.6) is 5.75 Å². The molecule has 0 aliphatic rings. The second-order valence-electron chi connectivity index (χ2n) is 5.32. The summed E-state index contributed by atoms with van der Waals surface area (Å²) >= 11 is 4.95. The van der Waals surface area contributed by atoms with E-state index in [-0.39, 0.29) is 17.6 Å². The van der Waals surface area contributed by atoms with E-state index in [1.165, 1.54) is 12.8 Å². The normalized spacial score (nSPS) is 9.88. The highest BCUT2D eigenvalue weighted by molar-refractivity contribution is 7.80. The first-order valence-electron chi connectivity index (χ1n) is 8.18. The van der Waals surface area contributed by atoms with Crippen LogP contribution >= 0.6 is 12.2 Å². The fourth-order valence-electron chi connectivity index (χ4n) is 1.94. The van der Waals surface area contributed by atoms with E-state index in [4.69, 9.17) is 17.0 Å². The summed E-state index contributed by atoms with van der Waals surface area (Å²) in [5, 5.41) is 2.60. The molecule has 0 aliphatic heterocycles. The lowest BCUT2D eigenvalue weighted by molar-refractivity contribution is -0.124. The topological polar surface area (TPSA) is 79.5 Å². The van der Waals surface area contributed by atoms with Crippen molar-refractivity contribution in [2.24, 2.45) is 0 Å². The van der Waals surface area contributed by atoms with Gasteiger partial charge in [0.25, 0.3) is 5.91 Å². The van der Waals surface area contributed by atoms with E-state index >= 15 is 0 Å². The summed E-state index contributed by atoms with van der Waals surface area (Å²) in [5.74, 6) is 0.0559. The monoisotopic (exact) mass is 351 g/mol. The van der Waals surface area contributed by atoms with Crippen LogP contribution in [0.1, 0.15) is 45.4 Å². The fourth-order valence-corrected chi connectivity index (χ4v) is 2.10. The molecule has 0 aliphatic carbocycles. The molecule has 0 saturated carbocycles. The van der Waals surface area contributed by atoms with Gasteiger partial charge in [-0.25, -0.2) is 0 Å². The van der Waals surface area contributed by atoms with E-state index in [9.17, 15) is 9.59 Å². The zero-order valence-electron chi connectivity index (χ0n) is 14.0. The second-order valence-corrected chi connectivity index (χ2v) is 5.72. The van der Waals surface area contributed by atoms with Gasteiger partial charge in [0, 0.05) is 6.42 Å². The minimum Gasteiger partial charge on any atom is -0.484 e. The van der Waals surface area contributed by atoms with Gasteiger partial charge in [0.05, 0.1) is 0 Å². The van der Waals surface area contributed by atoms with Crippen molar-refractivity contribution in [3.05, 3.63) is 30.3 Å². The Morgan fingerprint density at radius 3 is 2.42 bits per heavy atom. The van der Waals surface area contributed by atoms with Crippen LogP contribution in [0.15, 0.2) is 30.3 Å². The zero-order valence-corrected chi connectivity index (χ0v) is 14.8. The molecular weight excluding hydrogens is 326 g/mol. The van der Waals surface area contributed by atoms with Crippen molar-refractivity contribution >= 4 is 29.1 Å². The molecule has 1 rings (SSSR count). The highest BCUT2D eigenvalue weighted by atomic mass is 32.1. The van der Waals surface area contributed by atoms with E-state index in [0.29, 0.717) is 12.2 Å². The molecule has 1 aromatic carbocycles. The van der Waals surface area contributed by atoms with Gasteiger partial charge in [-0.3, -0.25) is 20.4 Å². The lowest BCUT2D eigenvalue weighted by Crippen LogP contribution is -2.49. The van der Waals surface area contributed by atoms with Crippen molar-refractivity contribution in [2.75, 3.05) is 6.61 Å². The molecule has 1 aromatic rings. The molecule has 24 heavy (non-hydrogen) atoms. The minimum atomic E-state index is -0.394. The van der Waals surface area contributed by atoms with E-state index in [1.807, 2.05) is 18.2 Å². The number of para-hydroxylation sites is 1.